The van der Waals surface area contributed by atoms with Crippen molar-refractivity contribution >= 4 is 16.9 Å². The van der Waals surface area contributed by atoms with Crippen molar-refractivity contribution in [1.29, 1.82) is 0 Å². The van der Waals surface area contributed by atoms with Crippen LogP contribution in [0.2, 0.25) is 0 Å². The first-order valence-corrected chi connectivity index (χ1v) is 18.0. The number of hydrogen-bond donors (Lipinski definition) is 1. The smallest absolute Gasteiger partial charge is 0.407 e. The van der Waals surface area contributed by atoms with E-state index in [2.05, 4.69) is 59.3 Å². The fraction of sp³-hybridized carbons (Fsp3) is 0.439. The number of fused-ring (bicyclic) bond motifs is 1. The fourth-order valence-corrected chi connectivity index (χ4v) is 6.83. The topological polar surface area (TPSA) is 93.2 Å². The Morgan fingerprint density at radius 3 is 2.37 bits per heavy atom. The predicted molar refractivity (Wildman–Crippen MR) is 198 cm³/mol. The summed E-state index contributed by atoms with van der Waals surface area (Å²) in [5, 5.41) is 12.0. The van der Waals surface area contributed by atoms with Crippen molar-refractivity contribution < 1.29 is 33.6 Å². The lowest BCUT2D eigenvalue weighted by molar-refractivity contribution is -0.0199. The second kappa shape index (κ2) is 18.2. The van der Waals surface area contributed by atoms with Gasteiger partial charge in [-0.2, -0.15) is 0 Å². The molecule has 51 heavy (non-hydrogen) atoms. The molecule has 2 atom stereocenters. The van der Waals surface area contributed by atoms with E-state index in [9.17, 15) is 9.90 Å². The van der Waals surface area contributed by atoms with Crippen molar-refractivity contribution in [3.8, 4) is 17.2 Å². The van der Waals surface area contributed by atoms with E-state index in [1.807, 2.05) is 42.5 Å². The summed E-state index contributed by atoms with van der Waals surface area (Å²) < 4.78 is 29.9. The van der Waals surface area contributed by atoms with E-state index in [1.165, 1.54) is 4.90 Å². The third-order valence-electron chi connectivity index (χ3n) is 9.90. The normalized spacial score (nSPS) is 18.5. The Morgan fingerprint density at radius 1 is 0.804 bits per heavy atom. The molecule has 272 valence electrons. The monoisotopic (exact) mass is 697 g/mol. The molecule has 0 bridgehead atoms. The number of carboxylic acid groups (broad SMARTS) is 1. The highest BCUT2D eigenvalue weighted by Crippen LogP contribution is 2.33. The second-order valence-electron chi connectivity index (χ2n) is 13.4. The quantitative estimate of drug-likeness (QED) is 0.132. The van der Waals surface area contributed by atoms with E-state index < -0.39 is 6.09 Å². The number of likely N-dealkylation sites (N-methyl/N-ethyl adjacent to an activating group) is 1. The average Bonchev–Trinajstić information content (AvgIpc) is 3.16. The standard InChI is InChI=1S/C41H51N3O7/c1-42-18-20-43(21-19-42)22-25-50-37-15-10-32-9-8-31(26-35(32)27-37)29-51-40-28-44(41(45)46)17-16-38(40)33-11-13-36(14-12-33)49-24-5-23-48-30-34-6-3-4-7-39(34)47-2/h3-4,6-15,26-27,38,40H,5,16-25,28-30H2,1-2H3,(H,45,46)/t38-,40+/m1/s1. The summed E-state index contributed by atoms with van der Waals surface area (Å²) in [6.07, 6.45) is 0.263. The number of hydrogen-bond acceptors (Lipinski definition) is 8. The zero-order valence-corrected chi connectivity index (χ0v) is 29.9. The molecule has 4 aromatic rings. The molecular weight excluding hydrogens is 646 g/mol. The Labute approximate surface area is 301 Å². The zero-order chi connectivity index (χ0) is 35.4. The Hall–Kier alpha value is -4.35. The van der Waals surface area contributed by atoms with Gasteiger partial charge >= 0.3 is 6.09 Å². The molecule has 0 aliphatic carbocycles. The van der Waals surface area contributed by atoms with E-state index in [1.54, 1.807) is 7.11 Å². The van der Waals surface area contributed by atoms with Gasteiger partial charge in [0.1, 0.15) is 23.9 Å². The number of rotatable bonds is 16. The van der Waals surface area contributed by atoms with Gasteiger partial charge in [0.25, 0.3) is 0 Å². The average molecular weight is 698 g/mol. The minimum atomic E-state index is -0.913. The van der Waals surface area contributed by atoms with Crippen LogP contribution in [0.1, 0.15) is 35.4 Å². The van der Waals surface area contributed by atoms with Crippen molar-refractivity contribution in [3.05, 3.63) is 102 Å². The van der Waals surface area contributed by atoms with Gasteiger partial charge in [-0.15, -0.1) is 0 Å². The van der Waals surface area contributed by atoms with Gasteiger partial charge in [-0.1, -0.05) is 48.5 Å². The summed E-state index contributed by atoms with van der Waals surface area (Å²) in [4.78, 5) is 18.2. The molecule has 6 rings (SSSR count). The van der Waals surface area contributed by atoms with E-state index in [-0.39, 0.29) is 12.0 Å². The number of likely N-dealkylation sites (tertiary alicyclic amines) is 1. The lowest BCUT2D eigenvalue weighted by Gasteiger charge is -2.37. The molecule has 0 spiro atoms. The van der Waals surface area contributed by atoms with Gasteiger partial charge in [0.05, 0.1) is 46.2 Å². The van der Waals surface area contributed by atoms with Crippen LogP contribution in [0.25, 0.3) is 10.8 Å². The van der Waals surface area contributed by atoms with Crippen LogP contribution >= 0.6 is 0 Å². The summed E-state index contributed by atoms with van der Waals surface area (Å²) >= 11 is 0. The number of carbonyl (C=O) groups is 1. The molecule has 0 aromatic heterocycles. The van der Waals surface area contributed by atoms with E-state index in [4.69, 9.17) is 23.7 Å². The molecule has 2 heterocycles. The summed E-state index contributed by atoms with van der Waals surface area (Å²) in [6.45, 7) is 8.76. The van der Waals surface area contributed by atoms with Gasteiger partial charge in [0, 0.05) is 57.2 Å². The molecule has 0 saturated carbocycles. The molecule has 1 N–H and O–H groups in total. The first-order chi connectivity index (χ1) is 24.9. The van der Waals surface area contributed by atoms with Crippen LogP contribution in [0, 0.1) is 0 Å². The van der Waals surface area contributed by atoms with Crippen molar-refractivity contribution in [2.75, 3.05) is 79.8 Å². The highest BCUT2D eigenvalue weighted by atomic mass is 16.5. The van der Waals surface area contributed by atoms with E-state index in [0.29, 0.717) is 52.5 Å². The largest absolute Gasteiger partial charge is 0.496 e. The van der Waals surface area contributed by atoms with Gasteiger partial charge in [0.2, 0.25) is 0 Å². The molecule has 2 saturated heterocycles. The maximum absolute atomic E-state index is 11.9. The van der Waals surface area contributed by atoms with Crippen LogP contribution in [-0.2, 0) is 22.7 Å². The second-order valence-corrected chi connectivity index (χ2v) is 13.4. The third kappa shape index (κ3) is 10.4. The van der Waals surface area contributed by atoms with Gasteiger partial charge in [-0.05, 0) is 71.8 Å². The SMILES string of the molecule is COc1ccccc1COCCCOc1ccc([C@H]2CCN(C(=O)O)C[C@@H]2OCc2ccc3ccc(OCCN4CCN(C)CC4)cc3c2)cc1. The van der Waals surface area contributed by atoms with Crippen molar-refractivity contribution in [2.45, 2.75) is 38.1 Å². The molecule has 10 nitrogen and oxygen atoms in total. The molecule has 0 radical (unpaired) electrons. The maximum Gasteiger partial charge on any atom is 0.407 e. The maximum atomic E-state index is 11.9. The van der Waals surface area contributed by atoms with Crippen LogP contribution < -0.4 is 14.2 Å². The number of methoxy groups -OCH3 is 1. The van der Waals surface area contributed by atoms with Gasteiger partial charge < -0.3 is 38.6 Å². The van der Waals surface area contributed by atoms with Crippen molar-refractivity contribution in [2.24, 2.45) is 0 Å². The number of nitrogens with zero attached hydrogens (tertiary/aromatic N) is 3. The predicted octanol–water partition coefficient (Wildman–Crippen LogP) is 6.51. The first kappa shape index (κ1) is 36.4. The Balaban J connectivity index is 1.00. The Bertz CT molecular complexity index is 1690. The van der Waals surface area contributed by atoms with Crippen LogP contribution in [0.3, 0.4) is 0 Å². The number of ether oxygens (including phenoxy) is 5. The van der Waals surface area contributed by atoms with Crippen LogP contribution in [0.15, 0.2) is 84.9 Å². The summed E-state index contributed by atoms with van der Waals surface area (Å²) in [5.41, 5.74) is 3.19. The Kier molecular flexibility index (Phi) is 13.0. The molecule has 1 amide bonds. The highest BCUT2D eigenvalue weighted by molar-refractivity contribution is 5.84. The molecule has 0 unspecified atom stereocenters. The number of amides is 1. The van der Waals surface area contributed by atoms with Crippen LogP contribution in [0.5, 0.6) is 17.2 Å². The molecule has 10 heteroatoms. The Morgan fingerprint density at radius 2 is 1.57 bits per heavy atom. The third-order valence-corrected chi connectivity index (χ3v) is 9.90. The van der Waals surface area contributed by atoms with Gasteiger partial charge in [0.15, 0.2) is 0 Å². The fourth-order valence-electron chi connectivity index (χ4n) is 6.83. The number of piperidine rings is 1. The van der Waals surface area contributed by atoms with E-state index in [0.717, 1.165) is 83.9 Å². The van der Waals surface area contributed by atoms with Crippen LogP contribution in [0.4, 0.5) is 4.79 Å². The lowest BCUT2D eigenvalue weighted by atomic mass is 9.87. The molecular formula is C41H51N3O7. The van der Waals surface area contributed by atoms with Crippen molar-refractivity contribution in [1.82, 2.24) is 14.7 Å². The van der Waals surface area contributed by atoms with Gasteiger partial charge in [-0.25, -0.2) is 4.79 Å². The highest BCUT2D eigenvalue weighted by Gasteiger charge is 2.33. The number of piperazine rings is 1. The summed E-state index contributed by atoms with van der Waals surface area (Å²) in [5.74, 6) is 2.56. The van der Waals surface area contributed by atoms with E-state index >= 15 is 0 Å². The first-order valence-electron chi connectivity index (χ1n) is 18.0. The summed E-state index contributed by atoms with van der Waals surface area (Å²) in [6, 6.07) is 28.5. The van der Waals surface area contributed by atoms with Crippen molar-refractivity contribution in [3.63, 3.8) is 0 Å². The zero-order valence-electron chi connectivity index (χ0n) is 29.9. The lowest BCUT2D eigenvalue weighted by Crippen LogP contribution is -2.46. The summed E-state index contributed by atoms with van der Waals surface area (Å²) in [7, 11) is 3.83. The number of para-hydroxylation sites is 1. The molecule has 2 aliphatic heterocycles. The minimum absolute atomic E-state index is 0.0683. The number of benzene rings is 4. The minimum Gasteiger partial charge on any atom is -0.496 e. The van der Waals surface area contributed by atoms with Gasteiger partial charge in [-0.3, -0.25) is 4.90 Å². The van der Waals surface area contributed by atoms with Crippen LogP contribution in [-0.4, -0.2) is 112 Å². The molecule has 2 aliphatic rings. The molecule has 4 aromatic carbocycles. The molecule has 2 fully saturated rings.